The van der Waals surface area contributed by atoms with Gasteiger partial charge in [-0.2, -0.15) is 13.2 Å². The molecule has 6 aliphatic carbocycles. The van der Waals surface area contributed by atoms with Crippen molar-refractivity contribution in [3.63, 3.8) is 0 Å². The molecule has 236 valence electrons. The van der Waals surface area contributed by atoms with Gasteiger partial charge < -0.3 is 10.8 Å². The first-order valence-electron chi connectivity index (χ1n) is 16.9. The SMILES string of the molecule is CC1C(C2=CCC(C(=O)O)CC2)=CC[C@@]2(C)C1CC[C@]1(C)C2CCC2C3CCC[C@]3(NC(CN)C(F)(F)F)CC[C@]21C. The number of fused-ring (bicyclic) bond motifs is 7. The molecule has 7 unspecified atom stereocenters. The highest BCUT2D eigenvalue weighted by molar-refractivity contribution is 5.70. The highest BCUT2D eigenvalue weighted by Crippen LogP contribution is 2.75. The van der Waals surface area contributed by atoms with Crippen LogP contribution in [0.2, 0.25) is 0 Å². The fourth-order valence-corrected chi connectivity index (χ4v) is 12.4. The van der Waals surface area contributed by atoms with Gasteiger partial charge in [-0.15, -0.1) is 0 Å². The third-order valence-electron chi connectivity index (χ3n) is 14.8. The summed E-state index contributed by atoms with van der Waals surface area (Å²) in [6, 6.07) is -1.62. The quantitative estimate of drug-likeness (QED) is 0.303. The van der Waals surface area contributed by atoms with Crippen molar-refractivity contribution in [3.05, 3.63) is 23.3 Å². The summed E-state index contributed by atoms with van der Waals surface area (Å²) >= 11 is 0. The predicted octanol–water partition coefficient (Wildman–Crippen LogP) is 8.03. The summed E-state index contributed by atoms with van der Waals surface area (Å²) in [4.78, 5) is 11.5. The summed E-state index contributed by atoms with van der Waals surface area (Å²) in [6.45, 7) is 9.67. The average Bonchev–Trinajstić information content (AvgIpc) is 3.36. The van der Waals surface area contributed by atoms with E-state index in [1.165, 1.54) is 30.4 Å². The first-order valence-corrected chi connectivity index (χ1v) is 16.9. The van der Waals surface area contributed by atoms with Crippen LogP contribution in [0.15, 0.2) is 23.3 Å². The number of nitrogens with one attached hydrogen (secondary N) is 1. The van der Waals surface area contributed by atoms with Crippen molar-refractivity contribution in [1.82, 2.24) is 5.32 Å². The van der Waals surface area contributed by atoms with Crippen LogP contribution in [-0.4, -0.2) is 35.4 Å². The maximum Gasteiger partial charge on any atom is 0.405 e. The molecule has 0 saturated heterocycles. The Bertz CT molecular complexity index is 1150. The van der Waals surface area contributed by atoms with Gasteiger partial charge in [0.2, 0.25) is 0 Å². The van der Waals surface area contributed by atoms with Gasteiger partial charge >= 0.3 is 12.1 Å². The molecule has 4 nitrogen and oxygen atoms in total. The van der Waals surface area contributed by atoms with E-state index < -0.39 is 30.3 Å². The number of alkyl halides is 3. The predicted molar refractivity (Wildman–Crippen MR) is 160 cm³/mol. The Morgan fingerprint density at radius 1 is 1.00 bits per heavy atom. The summed E-state index contributed by atoms with van der Waals surface area (Å²) in [5, 5.41) is 12.6. The first-order chi connectivity index (χ1) is 19.7. The lowest BCUT2D eigenvalue weighted by Gasteiger charge is -2.71. The van der Waals surface area contributed by atoms with Gasteiger partial charge in [0.25, 0.3) is 0 Å². The van der Waals surface area contributed by atoms with E-state index in [1.54, 1.807) is 0 Å². The van der Waals surface area contributed by atoms with Gasteiger partial charge in [-0.05, 0) is 134 Å². The number of hydrogen-bond acceptors (Lipinski definition) is 3. The molecule has 4 fully saturated rings. The van der Waals surface area contributed by atoms with Crippen molar-refractivity contribution < 1.29 is 23.1 Å². The van der Waals surface area contributed by atoms with Crippen molar-refractivity contribution in [2.75, 3.05) is 6.54 Å². The third kappa shape index (κ3) is 4.40. The van der Waals surface area contributed by atoms with E-state index >= 15 is 0 Å². The fourth-order valence-electron chi connectivity index (χ4n) is 12.4. The molecule has 0 heterocycles. The highest BCUT2D eigenvalue weighted by atomic mass is 19.4. The number of allylic oxidation sites excluding steroid dienone is 4. The summed E-state index contributed by atoms with van der Waals surface area (Å²) in [6.07, 6.45) is 13.1. The second-order valence-electron chi connectivity index (χ2n) is 16.0. The molecule has 7 heteroatoms. The van der Waals surface area contributed by atoms with E-state index in [2.05, 4.69) is 45.2 Å². The standard InChI is InChI=1S/C35H53F3N2O2/c1-21-24(22-7-9-23(10-8-22)30(41)42)13-16-31(2)25(21)14-17-33(4)28(31)12-11-26-27-6-5-15-34(27,19-18-32(26,33)3)40-29(20-39)35(36,37)38/h7,13,21,23,25-29,40H,5-6,8-12,14-20,39H2,1-4H3,(H,41,42)/t21?,23?,25?,26?,27?,28?,29?,31-,32+,33+,34-/m0/s1. The van der Waals surface area contributed by atoms with Crippen LogP contribution in [0.25, 0.3) is 0 Å². The highest BCUT2D eigenvalue weighted by Gasteiger charge is 2.69. The average molecular weight is 591 g/mol. The molecule has 4 N–H and O–H groups in total. The summed E-state index contributed by atoms with van der Waals surface area (Å²) in [5.41, 5.74) is 8.62. The normalized spacial score (nSPS) is 47.7. The zero-order valence-corrected chi connectivity index (χ0v) is 26.2. The van der Waals surface area contributed by atoms with E-state index in [0.29, 0.717) is 36.0 Å². The van der Waals surface area contributed by atoms with Crippen molar-refractivity contribution >= 4 is 5.97 Å². The van der Waals surface area contributed by atoms with Crippen LogP contribution < -0.4 is 11.1 Å². The smallest absolute Gasteiger partial charge is 0.405 e. The molecule has 11 atom stereocenters. The van der Waals surface area contributed by atoms with Gasteiger partial charge in [0.05, 0.1) is 5.92 Å². The van der Waals surface area contributed by atoms with E-state index in [1.807, 2.05) is 0 Å². The van der Waals surface area contributed by atoms with Crippen LogP contribution in [0.4, 0.5) is 13.2 Å². The zero-order valence-electron chi connectivity index (χ0n) is 26.2. The fraction of sp³-hybridized carbons (Fsp3) is 0.857. The van der Waals surface area contributed by atoms with Crippen LogP contribution in [-0.2, 0) is 4.79 Å². The molecule has 0 amide bonds. The number of hydrogen-bond donors (Lipinski definition) is 3. The van der Waals surface area contributed by atoms with Gasteiger partial charge in [0.15, 0.2) is 0 Å². The number of carboxylic acids is 1. The molecule has 6 aliphatic rings. The van der Waals surface area contributed by atoms with Crippen molar-refractivity contribution in [1.29, 1.82) is 0 Å². The Balaban J connectivity index is 1.26. The van der Waals surface area contributed by atoms with Gasteiger partial charge in [-0.3, -0.25) is 10.1 Å². The number of carboxylic acid groups (broad SMARTS) is 1. The third-order valence-corrected chi connectivity index (χ3v) is 14.8. The number of rotatable bonds is 5. The molecule has 0 radical (unpaired) electrons. The summed E-state index contributed by atoms with van der Waals surface area (Å²) in [7, 11) is 0. The second-order valence-corrected chi connectivity index (χ2v) is 16.0. The van der Waals surface area contributed by atoms with Crippen LogP contribution in [0.5, 0.6) is 0 Å². The molecule has 0 bridgehead atoms. The molecule has 42 heavy (non-hydrogen) atoms. The maximum atomic E-state index is 13.9. The van der Waals surface area contributed by atoms with Crippen molar-refractivity contribution in [2.45, 2.75) is 129 Å². The Hall–Kier alpha value is -1.34. The number of carbonyl (C=O) groups is 1. The van der Waals surface area contributed by atoms with Crippen LogP contribution >= 0.6 is 0 Å². The Morgan fingerprint density at radius 2 is 1.76 bits per heavy atom. The van der Waals surface area contributed by atoms with E-state index in [0.717, 1.165) is 57.8 Å². The number of aliphatic carboxylic acids is 1. The van der Waals surface area contributed by atoms with Crippen LogP contribution in [0.1, 0.15) is 111 Å². The Morgan fingerprint density at radius 3 is 2.40 bits per heavy atom. The first kappa shape index (κ1) is 30.7. The Labute approximate surface area is 250 Å². The number of nitrogens with two attached hydrogens (primary N) is 1. The molecule has 0 aromatic rings. The Kier molecular flexibility index (Phi) is 7.56. The molecule has 4 saturated carbocycles. The maximum absolute atomic E-state index is 13.9. The second kappa shape index (κ2) is 10.4. The minimum atomic E-state index is -4.32. The lowest BCUT2D eigenvalue weighted by Crippen LogP contribution is -2.68. The topological polar surface area (TPSA) is 75.3 Å². The lowest BCUT2D eigenvalue weighted by atomic mass is 9.34. The van der Waals surface area contributed by atoms with Crippen molar-refractivity contribution in [3.8, 4) is 0 Å². The van der Waals surface area contributed by atoms with Gasteiger partial charge in [0.1, 0.15) is 6.04 Å². The minimum Gasteiger partial charge on any atom is -0.481 e. The largest absolute Gasteiger partial charge is 0.481 e. The van der Waals surface area contributed by atoms with E-state index in [9.17, 15) is 23.1 Å². The molecular weight excluding hydrogens is 537 g/mol. The zero-order chi connectivity index (χ0) is 30.3. The summed E-state index contributed by atoms with van der Waals surface area (Å²) in [5.74, 6) is 1.52. The van der Waals surface area contributed by atoms with Gasteiger partial charge in [0, 0.05) is 12.1 Å². The molecular formula is C35H53F3N2O2. The monoisotopic (exact) mass is 590 g/mol. The molecule has 0 aromatic carbocycles. The molecule has 0 aliphatic heterocycles. The van der Waals surface area contributed by atoms with Crippen molar-refractivity contribution in [2.24, 2.45) is 57.5 Å². The van der Waals surface area contributed by atoms with E-state index in [-0.39, 0.29) is 22.2 Å². The van der Waals surface area contributed by atoms with Crippen LogP contribution in [0.3, 0.4) is 0 Å². The molecule has 0 aromatic heterocycles. The van der Waals surface area contributed by atoms with E-state index in [4.69, 9.17) is 5.73 Å². The minimum absolute atomic E-state index is 0.130. The van der Waals surface area contributed by atoms with Gasteiger partial charge in [-0.1, -0.05) is 46.3 Å². The molecule has 6 rings (SSSR count). The van der Waals surface area contributed by atoms with Gasteiger partial charge in [-0.25, -0.2) is 0 Å². The summed E-state index contributed by atoms with van der Waals surface area (Å²) < 4.78 is 41.6. The molecule has 0 spiro atoms. The number of halogens is 3. The van der Waals surface area contributed by atoms with Crippen LogP contribution in [0, 0.1) is 51.8 Å². The lowest BCUT2D eigenvalue weighted by molar-refractivity contribution is -0.217.